The first-order valence-corrected chi connectivity index (χ1v) is 11.9. The molecule has 0 bridgehead atoms. The van der Waals surface area contributed by atoms with Crippen LogP contribution in [0.25, 0.3) is 22.4 Å². The van der Waals surface area contributed by atoms with E-state index in [-0.39, 0.29) is 17.8 Å². The molecule has 3 aromatic rings. The van der Waals surface area contributed by atoms with Crippen LogP contribution < -0.4 is 16.0 Å². The van der Waals surface area contributed by atoms with Gasteiger partial charge in [-0.15, -0.1) is 0 Å². The number of carbonyl (C=O) groups excluding carboxylic acids is 2. The van der Waals surface area contributed by atoms with Crippen molar-refractivity contribution in [2.45, 2.75) is 25.8 Å². The fourth-order valence-electron chi connectivity index (χ4n) is 4.97. The molecule has 3 N–H and O–H groups in total. The molecule has 9 heteroatoms. The van der Waals surface area contributed by atoms with Crippen LogP contribution in [0.4, 0.5) is 15.0 Å². The summed E-state index contributed by atoms with van der Waals surface area (Å²) in [6.45, 7) is 2.76. The zero-order valence-electron chi connectivity index (χ0n) is 19.6. The van der Waals surface area contributed by atoms with Crippen LogP contribution in [0.15, 0.2) is 42.6 Å². The van der Waals surface area contributed by atoms with Crippen LogP contribution >= 0.6 is 0 Å². The molecule has 0 radical (unpaired) electrons. The number of ether oxygens (including phenoxy) is 1. The fourth-order valence-corrected chi connectivity index (χ4v) is 4.97. The topological polar surface area (TPSA) is 97.3 Å². The molecule has 182 valence electrons. The van der Waals surface area contributed by atoms with Crippen LogP contribution in [-0.4, -0.2) is 48.3 Å². The van der Waals surface area contributed by atoms with Gasteiger partial charge in [0.25, 0.3) is 5.91 Å². The van der Waals surface area contributed by atoms with E-state index in [1.165, 1.54) is 19.2 Å². The van der Waals surface area contributed by atoms with Crippen molar-refractivity contribution in [3.05, 3.63) is 59.7 Å². The molecule has 1 aromatic carbocycles. The Kier molecular flexibility index (Phi) is 6.50. The van der Waals surface area contributed by atoms with E-state index >= 15 is 0 Å². The molecule has 2 aromatic heterocycles. The number of hydrogen-bond acceptors (Lipinski definition) is 4. The summed E-state index contributed by atoms with van der Waals surface area (Å²) in [5.41, 5.74) is 4.82. The molecule has 0 spiro atoms. The van der Waals surface area contributed by atoms with Gasteiger partial charge in [0.1, 0.15) is 11.6 Å². The zero-order valence-corrected chi connectivity index (χ0v) is 19.6. The van der Waals surface area contributed by atoms with Crippen molar-refractivity contribution in [1.82, 2.24) is 20.2 Å². The van der Waals surface area contributed by atoms with Gasteiger partial charge >= 0.3 is 6.03 Å². The normalized spacial score (nSPS) is 15.9. The van der Waals surface area contributed by atoms with Crippen molar-refractivity contribution in [3.63, 3.8) is 0 Å². The van der Waals surface area contributed by atoms with Gasteiger partial charge in [-0.1, -0.05) is 12.1 Å². The number of nitrogens with zero attached hydrogens (tertiary/aromatic N) is 2. The number of rotatable bonds is 5. The number of fused-ring (bicyclic) bond motifs is 1. The van der Waals surface area contributed by atoms with Crippen LogP contribution in [0.3, 0.4) is 0 Å². The van der Waals surface area contributed by atoms with Gasteiger partial charge in [0.15, 0.2) is 0 Å². The Labute approximate surface area is 202 Å². The molecule has 0 atom stereocenters. The molecule has 3 amide bonds. The summed E-state index contributed by atoms with van der Waals surface area (Å²) in [6.07, 6.45) is 4.24. The monoisotopic (exact) mass is 477 g/mol. The van der Waals surface area contributed by atoms with Gasteiger partial charge in [0, 0.05) is 62.8 Å². The van der Waals surface area contributed by atoms with Crippen LogP contribution in [-0.2, 0) is 17.7 Å². The molecule has 2 aliphatic rings. The number of amides is 3. The molecule has 35 heavy (non-hydrogen) atoms. The Morgan fingerprint density at radius 3 is 2.69 bits per heavy atom. The van der Waals surface area contributed by atoms with E-state index in [4.69, 9.17) is 4.74 Å². The van der Waals surface area contributed by atoms with E-state index in [1.807, 2.05) is 6.07 Å². The first-order valence-electron chi connectivity index (χ1n) is 11.9. The second kappa shape index (κ2) is 9.87. The summed E-state index contributed by atoms with van der Waals surface area (Å²) in [6, 6.07) is 9.55. The Morgan fingerprint density at radius 2 is 1.94 bits per heavy atom. The lowest BCUT2D eigenvalue weighted by molar-refractivity contribution is 0.0611. The van der Waals surface area contributed by atoms with E-state index < -0.39 is 0 Å². The quantitative estimate of drug-likeness (QED) is 0.521. The zero-order chi connectivity index (χ0) is 24.4. The minimum Gasteiger partial charge on any atom is -0.381 e. The third-order valence-electron chi connectivity index (χ3n) is 6.66. The minimum atomic E-state index is -0.371. The first kappa shape index (κ1) is 23.0. The lowest BCUT2D eigenvalue weighted by Crippen LogP contribution is -2.33. The van der Waals surface area contributed by atoms with Gasteiger partial charge in [-0.3, -0.25) is 10.1 Å². The lowest BCUT2D eigenvalue weighted by Gasteiger charge is -2.26. The standard InChI is InChI=1S/C26H28FN5O3/c1-28-26(34)31-21-14-18(6-10-29-21)24-22(17-2-4-19(27)5-3-17)23-20(7-11-30-25(23)33)32(24)15-16-8-12-35-13-9-16/h2-6,10,14,16H,7-9,11-13,15H2,1H3,(H,30,33)(H2,28,29,31,34). The molecule has 0 unspecified atom stereocenters. The van der Waals surface area contributed by atoms with Crippen LogP contribution in [0, 0.1) is 11.7 Å². The SMILES string of the molecule is CNC(=O)Nc1cc(-c2c(-c3ccc(F)cc3)c3c(n2CC2CCOCC2)CCNC3=O)ccn1. The lowest BCUT2D eigenvalue weighted by atomic mass is 9.95. The molecular formula is C26H28FN5O3. The van der Waals surface area contributed by atoms with Gasteiger partial charge in [0.2, 0.25) is 0 Å². The van der Waals surface area contributed by atoms with Crippen molar-refractivity contribution >= 4 is 17.8 Å². The minimum absolute atomic E-state index is 0.129. The predicted molar refractivity (Wildman–Crippen MR) is 131 cm³/mol. The van der Waals surface area contributed by atoms with E-state index in [0.29, 0.717) is 30.3 Å². The number of pyridine rings is 1. The molecule has 8 nitrogen and oxygen atoms in total. The van der Waals surface area contributed by atoms with Crippen LogP contribution in [0.5, 0.6) is 0 Å². The van der Waals surface area contributed by atoms with Gasteiger partial charge in [-0.2, -0.15) is 0 Å². The number of benzene rings is 1. The predicted octanol–water partition coefficient (Wildman–Crippen LogP) is 3.82. The third kappa shape index (κ3) is 4.64. The van der Waals surface area contributed by atoms with E-state index in [9.17, 15) is 14.0 Å². The number of carbonyl (C=O) groups is 2. The highest BCUT2D eigenvalue weighted by Gasteiger charge is 2.32. The maximum atomic E-state index is 13.8. The van der Waals surface area contributed by atoms with Crippen molar-refractivity contribution < 1.29 is 18.7 Å². The van der Waals surface area contributed by atoms with Crippen molar-refractivity contribution in [1.29, 1.82) is 0 Å². The average Bonchev–Trinajstić information content (AvgIpc) is 3.20. The summed E-state index contributed by atoms with van der Waals surface area (Å²) in [5.74, 6) is 0.343. The van der Waals surface area contributed by atoms with E-state index in [2.05, 4.69) is 25.5 Å². The van der Waals surface area contributed by atoms with Crippen molar-refractivity contribution in [2.75, 3.05) is 32.1 Å². The Hall–Kier alpha value is -3.72. The molecule has 0 saturated carbocycles. The second-order valence-corrected chi connectivity index (χ2v) is 8.86. The smallest absolute Gasteiger partial charge is 0.320 e. The molecular weight excluding hydrogens is 449 g/mol. The maximum Gasteiger partial charge on any atom is 0.320 e. The Balaban J connectivity index is 1.73. The number of nitrogens with one attached hydrogen (secondary N) is 3. The molecule has 1 fully saturated rings. The van der Waals surface area contributed by atoms with Crippen LogP contribution in [0.1, 0.15) is 28.9 Å². The van der Waals surface area contributed by atoms with Gasteiger partial charge in [-0.05, 0) is 48.6 Å². The van der Waals surface area contributed by atoms with E-state index in [0.717, 1.165) is 60.7 Å². The Bertz CT molecular complexity index is 1250. The summed E-state index contributed by atoms with van der Waals surface area (Å²) in [5, 5.41) is 8.23. The highest BCUT2D eigenvalue weighted by atomic mass is 19.1. The fraction of sp³-hybridized carbons (Fsp3) is 0.346. The maximum absolute atomic E-state index is 13.8. The summed E-state index contributed by atoms with van der Waals surface area (Å²) in [7, 11) is 1.54. The average molecular weight is 478 g/mol. The number of hydrogen-bond donors (Lipinski definition) is 3. The second-order valence-electron chi connectivity index (χ2n) is 8.86. The number of urea groups is 1. The Morgan fingerprint density at radius 1 is 1.17 bits per heavy atom. The van der Waals surface area contributed by atoms with Crippen molar-refractivity contribution in [2.24, 2.45) is 5.92 Å². The molecule has 1 saturated heterocycles. The molecule has 0 aliphatic carbocycles. The number of aromatic nitrogens is 2. The summed E-state index contributed by atoms with van der Waals surface area (Å²) in [4.78, 5) is 29.4. The van der Waals surface area contributed by atoms with Crippen LogP contribution in [0.2, 0.25) is 0 Å². The van der Waals surface area contributed by atoms with Crippen molar-refractivity contribution in [3.8, 4) is 22.4 Å². The third-order valence-corrected chi connectivity index (χ3v) is 6.66. The highest BCUT2D eigenvalue weighted by Crippen LogP contribution is 2.42. The first-order chi connectivity index (χ1) is 17.0. The summed E-state index contributed by atoms with van der Waals surface area (Å²) >= 11 is 0. The van der Waals surface area contributed by atoms with Gasteiger partial charge < -0.3 is 19.9 Å². The van der Waals surface area contributed by atoms with Gasteiger partial charge in [0.05, 0.1) is 11.3 Å². The molecule has 5 rings (SSSR count). The molecule has 2 aliphatic heterocycles. The van der Waals surface area contributed by atoms with E-state index in [1.54, 1.807) is 24.4 Å². The number of halogens is 1. The molecule has 4 heterocycles. The number of anilines is 1. The highest BCUT2D eigenvalue weighted by molar-refractivity contribution is 6.07. The van der Waals surface area contributed by atoms with Gasteiger partial charge in [-0.25, -0.2) is 14.2 Å². The summed E-state index contributed by atoms with van der Waals surface area (Å²) < 4.78 is 21.6. The largest absolute Gasteiger partial charge is 0.381 e.